The van der Waals surface area contributed by atoms with Crippen LogP contribution in [0.1, 0.15) is 45.6 Å². The van der Waals surface area contributed by atoms with Crippen LogP contribution in [0.4, 0.5) is 0 Å². The van der Waals surface area contributed by atoms with E-state index in [1.807, 2.05) is 12.1 Å². The molecule has 0 radical (unpaired) electrons. The Morgan fingerprint density at radius 1 is 1.16 bits per heavy atom. The molecule has 2 atom stereocenters. The molecule has 0 aliphatic heterocycles. The maximum atomic E-state index is 12.2. The van der Waals surface area contributed by atoms with E-state index in [0.29, 0.717) is 10.9 Å². The van der Waals surface area contributed by atoms with Gasteiger partial charge in [0.1, 0.15) is 0 Å². The normalized spacial score (nSPS) is 15.2. The molecule has 1 aromatic carbocycles. The summed E-state index contributed by atoms with van der Waals surface area (Å²) in [6.07, 6.45) is 0.982. The summed E-state index contributed by atoms with van der Waals surface area (Å²) >= 11 is 0. The van der Waals surface area contributed by atoms with Gasteiger partial charge in [0.25, 0.3) is 0 Å². The summed E-state index contributed by atoms with van der Waals surface area (Å²) in [5, 5.41) is 3.43. The molecular formula is C15H25NO2S. The van der Waals surface area contributed by atoms with Crippen LogP contribution in [0.25, 0.3) is 0 Å². The maximum Gasteiger partial charge on any atom is 0.178 e. The molecule has 19 heavy (non-hydrogen) atoms. The van der Waals surface area contributed by atoms with Gasteiger partial charge in [-0.25, -0.2) is 8.42 Å². The molecule has 0 bridgehead atoms. The van der Waals surface area contributed by atoms with Crippen molar-refractivity contribution in [3.05, 3.63) is 29.8 Å². The summed E-state index contributed by atoms with van der Waals surface area (Å²) in [4.78, 5) is 0.487. The molecule has 1 aromatic rings. The van der Waals surface area contributed by atoms with Gasteiger partial charge in [-0.3, -0.25) is 0 Å². The fourth-order valence-electron chi connectivity index (χ4n) is 2.45. The molecule has 2 unspecified atom stereocenters. The van der Waals surface area contributed by atoms with Crippen LogP contribution >= 0.6 is 0 Å². The average molecular weight is 283 g/mol. The molecule has 0 heterocycles. The van der Waals surface area contributed by atoms with Gasteiger partial charge in [0, 0.05) is 6.04 Å². The van der Waals surface area contributed by atoms with E-state index in [0.717, 1.165) is 18.5 Å². The lowest BCUT2D eigenvalue weighted by molar-refractivity contribution is 0.444. The molecule has 4 heteroatoms. The number of likely N-dealkylation sites (N-methyl/N-ethyl adjacent to an activating group) is 1. The van der Waals surface area contributed by atoms with Crippen molar-refractivity contribution in [3.8, 4) is 0 Å². The highest BCUT2D eigenvalue weighted by Gasteiger charge is 2.23. The van der Waals surface area contributed by atoms with Crippen molar-refractivity contribution < 1.29 is 8.42 Å². The van der Waals surface area contributed by atoms with E-state index in [1.165, 1.54) is 0 Å². The first-order valence-corrected chi connectivity index (χ1v) is 8.68. The number of sulfone groups is 1. The number of nitrogens with one attached hydrogen (secondary N) is 1. The summed E-state index contributed by atoms with van der Waals surface area (Å²) < 4.78 is 24.3. The van der Waals surface area contributed by atoms with E-state index in [-0.39, 0.29) is 11.7 Å². The second kappa shape index (κ2) is 7.06. The molecule has 0 aliphatic carbocycles. The first-order chi connectivity index (χ1) is 8.97. The highest BCUT2D eigenvalue weighted by molar-refractivity contribution is 7.91. The van der Waals surface area contributed by atoms with E-state index in [9.17, 15) is 8.42 Å². The number of hydrogen-bond acceptors (Lipinski definition) is 3. The highest BCUT2D eigenvalue weighted by Crippen LogP contribution is 2.28. The molecule has 0 aromatic heterocycles. The number of rotatable bonds is 7. The Labute approximate surface area is 117 Å². The topological polar surface area (TPSA) is 46.2 Å². The van der Waals surface area contributed by atoms with Gasteiger partial charge < -0.3 is 5.32 Å². The third-order valence-corrected chi connectivity index (χ3v) is 5.44. The molecule has 108 valence electrons. The van der Waals surface area contributed by atoms with Crippen LogP contribution in [0.15, 0.2) is 29.2 Å². The monoisotopic (exact) mass is 283 g/mol. The van der Waals surface area contributed by atoms with E-state index in [4.69, 9.17) is 0 Å². The quantitative estimate of drug-likeness (QED) is 0.837. The van der Waals surface area contributed by atoms with Gasteiger partial charge in [-0.05, 0) is 30.5 Å². The summed E-state index contributed by atoms with van der Waals surface area (Å²) in [6.45, 7) is 8.88. The van der Waals surface area contributed by atoms with Gasteiger partial charge in [0.15, 0.2) is 9.84 Å². The van der Waals surface area contributed by atoms with Crippen LogP contribution in [0.2, 0.25) is 0 Å². The zero-order valence-electron chi connectivity index (χ0n) is 12.3. The van der Waals surface area contributed by atoms with Gasteiger partial charge in [-0.1, -0.05) is 45.9 Å². The van der Waals surface area contributed by atoms with Gasteiger partial charge >= 0.3 is 0 Å². The largest absolute Gasteiger partial charge is 0.314 e. The van der Waals surface area contributed by atoms with E-state index >= 15 is 0 Å². The van der Waals surface area contributed by atoms with Crippen molar-refractivity contribution >= 4 is 9.84 Å². The molecule has 0 spiro atoms. The van der Waals surface area contributed by atoms with Crippen LogP contribution in [0, 0.1) is 0 Å². The molecule has 0 aliphatic rings. The molecule has 1 rings (SSSR count). The first-order valence-electron chi connectivity index (χ1n) is 7.02. The minimum atomic E-state index is -3.16. The van der Waals surface area contributed by atoms with Crippen molar-refractivity contribution in [2.75, 3.05) is 12.3 Å². The Hall–Kier alpha value is -0.870. The lowest BCUT2D eigenvalue weighted by Crippen LogP contribution is -2.33. The van der Waals surface area contributed by atoms with Gasteiger partial charge in [-0.2, -0.15) is 0 Å². The fraction of sp³-hybridized carbons (Fsp3) is 0.600. The predicted octanol–water partition coefficient (Wildman–Crippen LogP) is 2.97. The molecule has 0 fully saturated rings. The standard InChI is InChI=1S/C15H25NO2S/c1-5-14(16-6-2)12(4)13-10-8-9-11-15(13)19(17,18)7-3/h8-12,14,16H,5-7H2,1-4H3. The fourth-order valence-corrected chi connectivity index (χ4v) is 3.66. The summed E-state index contributed by atoms with van der Waals surface area (Å²) in [7, 11) is -3.16. The van der Waals surface area contributed by atoms with Gasteiger partial charge in [0.2, 0.25) is 0 Å². The lowest BCUT2D eigenvalue weighted by Gasteiger charge is -2.25. The Kier molecular flexibility index (Phi) is 6.01. The van der Waals surface area contributed by atoms with E-state index < -0.39 is 9.84 Å². The molecule has 3 nitrogen and oxygen atoms in total. The Bertz CT molecular complexity index is 497. The SMILES string of the molecule is CCNC(CC)C(C)c1ccccc1S(=O)(=O)CC. The molecular weight excluding hydrogens is 258 g/mol. The van der Waals surface area contributed by atoms with Gasteiger partial charge in [-0.15, -0.1) is 0 Å². The number of benzene rings is 1. The molecule has 0 saturated heterocycles. The Morgan fingerprint density at radius 3 is 2.32 bits per heavy atom. The minimum absolute atomic E-state index is 0.148. The lowest BCUT2D eigenvalue weighted by atomic mass is 9.91. The summed E-state index contributed by atoms with van der Waals surface area (Å²) in [5.41, 5.74) is 0.928. The molecule has 0 amide bonds. The van der Waals surface area contributed by atoms with Crippen molar-refractivity contribution in [2.45, 2.75) is 51.0 Å². The second-order valence-electron chi connectivity index (χ2n) is 4.80. The maximum absolute atomic E-state index is 12.2. The third-order valence-electron chi connectivity index (χ3n) is 3.63. The van der Waals surface area contributed by atoms with Crippen LogP contribution in [-0.2, 0) is 9.84 Å². The van der Waals surface area contributed by atoms with E-state index in [1.54, 1.807) is 19.1 Å². The highest BCUT2D eigenvalue weighted by atomic mass is 32.2. The zero-order chi connectivity index (χ0) is 14.5. The summed E-state index contributed by atoms with van der Waals surface area (Å²) in [5.74, 6) is 0.330. The first kappa shape index (κ1) is 16.2. The Balaban J connectivity index is 3.20. The van der Waals surface area contributed by atoms with Crippen molar-refractivity contribution in [1.29, 1.82) is 0 Å². The predicted molar refractivity (Wildman–Crippen MR) is 80.3 cm³/mol. The average Bonchev–Trinajstić information content (AvgIpc) is 2.44. The summed E-state index contributed by atoms with van der Waals surface area (Å²) in [6, 6.07) is 7.68. The van der Waals surface area contributed by atoms with Crippen molar-refractivity contribution in [3.63, 3.8) is 0 Å². The van der Waals surface area contributed by atoms with Crippen LogP contribution in [-0.4, -0.2) is 26.8 Å². The van der Waals surface area contributed by atoms with Gasteiger partial charge in [0.05, 0.1) is 10.6 Å². The van der Waals surface area contributed by atoms with E-state index in [2.05, 4.69) is 26.1 Å². The molecule has 0 saturated carbocycles. The van der Waals surface area contributed by atoms with Crippen LogP contribution in [0.3, 0.4) is 0 Å². The van der Waals surface area contributed by atoms with Crippen LogP contribution < -0.4 is 5.32 Å². The second-order valence-corrected chi connectivity index (χ2v) is 7.05. The Morgan fingerprint density at radius 2 is 1.79 bits per heavy atom. The third kappa shape index (κ3) is 3.80. The van der Waals surface area contributed by atoms with Crippen molar-refractivity contribution in [2.24, 2.45) is 0 Å². The smallest absolute Gasteiger partial charge is 0.178 e. The van der Waals surface area contributed by atoms with Crippen LogP contribution in [0.5, 0.6) is 0 Å². The zero-order valence-corrected chi connectivity index (χ0v) is 13.1. The van der Waals surface area contributed by atoms with Crippen molar-refractivity contribution in [1.82, 2.24) is 5.32 Å². The molecule has 1 N–H and O–H groups in total. The number of hydrogen-bond donors (Lipinski definition) is 1. The minimum Gasteiger partial charge on any atom is -0.314 e.